The van der Waals surface area contributed by atoms with E-state index in [4.69, 9.17) is 2.56 Å². The predicted molar refractivity (Wildman–Crippen MR) is 338 cm³/mol. The second-order valence-corrected chi connectivity index (χ2v) is 19.6. The van der Waals surface area contributed by atoms with Gasteiger partial charge in [0.25, 0.3) is 0 Å². The lowest BCUT2D eigenvalue weighted by atomic mass is 9.85. The van der Waals surface area contributed by atoms with Gasteiger partial charge >= 0.3 is 0 Å². The van der Waals surface area contributed by atoms with Crippen LogP contribution in [0.1, 0.15) is 0 Å². The molecule has 0 saturated heterocycles. The SMILES string of the molecule is [2H]P[3H].c1ccc(N(c2ccccc2)c2ccc3ccc4c(N(c5ccccc5)c5ccccc5)ccc5ccc2c3c54)cc1.c1ccc2cc(-c3c4ccccc4c(-c4ccc5ccccc5c4)c4ccccc34)ccc2c1. The van der Waals surface area contributed by atoms with E-state index in [9.17, 15) is 0 Å². The number of fused-ring (bicyclic) bond motifs is 4. The lowest BCUT2D eigenvalue weighted by molar-refractivity contribution is 1.30. The Hall–Kier alpha value is -9.59. The first-order valence-corrected chi connectivity index (χ1v) is 26.2. The van der Waals surface area contributed by atoms with Gasteiger partial charge in [-0.2, -0.15) is 9.79 Å². The third-order valence-electron chi connectivity index (χ3n) is 15.2. The van der Waals surface area contributed by atoms with E-state index in [1.165, 1.54) is 109 Å². The lowest BCUT2D eigenvalue weighted by Crippen LogP contribution is -2.11. The van der Waals surface area contributed by atoms with Crippen LogP contribution in [0.3, 0.4) is 0 Å². The Kier molecular flexibility index (Phi) is 11.8. The van der Waals surface area contributed by atoms with E-state index in [1.54, 1.807) is 0 Å². The summed E-state index contributed by atoms with van der Waals surface area (Å²) in [5.41, 5.74) is 12.0. The average Bonchev–Trinajstić information content (AvgIpc) is 3.69. The highest BCUT2D eigenvalue weighted by molar-refractivity contribution is 6.92. The molecule has 0 fully saturated rings. The molecule has 1 unspecified atom stereocenters. The van der Waals surface area contributed by atoms with Crippen molar-refractivity contribution in [3.05, 3.63) is 303 Å². The van der Waals surface area contributed by atoms with Gasteiger partial charge in [-0.05, 0) is 160 Å². The van der Waals surface area contributed by atoms with Crippen molar-refractivity contribution in [2.45, 2.75) is 0 Å². The fourth-order valence-corrected chi connectivity index (χ4v) is 11.8. The van der Waals surface area contributed by atoms with E-state index in [1.807, 2.05) is 0 Å². The van der Waals surface area contributed by atoms with Crippen LogP contribution in [0, 0.1) is 0 Å². The highest BCUT2D eigenvalue weighted by atomic mass is 31.0. The summed E-state index contributed by atoms with van der Waals surface area (Å²) in [5.74, 6) is 0. The molecule has 1 atom stereocenters. The predicted octanol–water partition coefficient (Wildman–Crippen LogP) is 21.2. The van der Waals surface area contributed by atoms with E-state index in [2.05, 4.69) is 313 Å². The monoisotopic (exact) mass is 1000 g/mol. The molecule has 0 aromatic heterocycles. The number of benzene rings is 15. The molecular formula is C74H53N2P. The Morgan fingerprint density at radius 3 is 0.870 bits per heavy atom. The first kappa shape index (κ1) is 44.9. The Morgan fingerprint density at radius 2 is 0.532 bits per heavy atom. The lowest BCUT2D eigenvalue weighted by Gasteiger charge is -2.29. The van der Waals surface area contributed by atoms with Crippen LogP contribution in [0.25, 0.3) is 97.7 Å². The summed E-state index contributed by atoms with van der Waals surface area (Å²) in [6.45, 7) is 0. The zero-order valence-electron chi connectivity index (χ0n) is 44.3. The topological polar surface area (TPSA) is 6.48 Å². The van der Waals surface area contributed by atoms with Crippen LogP contribution in [0.15, 0.2) is 303 Å². The van der Waals surface area contributed by atoms with Crippen LogP contribution in [0.2, 0.25) is 0 Å². The average molecular weight is 1000 g/mol. The molecular weight excluding hydrogens is 948 g/mol. The van der Waals surface area contributed by atoms with Crippen LogP contribution in [-0.4, -0.2) is 2.56 Å². The number of rotatable bonds is 8. The Morgan fingerprint density at radius 1 is 0.260 bits per heavy atom. The van der Waals surface area contributed by atoms with Crippen molar-refractivity contribution in [2.24, 2.45) is 0 Å². The summed E-state index contributed by atoms with van der Waals surface area (Å²) in [5, 5.41) is 17.8. The van der Waals surface area contributed by atoms with Gasteiger partial charge in [0.1, 0.15) is 0 Å². The van der Waals surface area contributed by atoms with Gasteiger partial charge in [-0.25, -0.2) is 0 Å². The molecule has 15 rings (SSSR count). The van der Waals surface area contributed by atoms with E-state index >= 15 is 0 Å². The largest absolute Gasteiger partial charge is 0.310 e. The molecule has 0 aliphatic carbocycles. The highest BCUT2D eigenvalue weighted by Gasteiger charge is 2.22. The van der Waals surface area contributed by atoms with Gasteiger partial charge in [0.2, 0.25) is 0 Å². The molecule has 0 aliphatic rings. The van der Waals surface area contributed by atoms with Crippen LogP contribution < -0.4 is 9.80 Å². The highest BCUT2D eigenvalue weighted by Crippen LogP contribution is 2.48. The Labute approximate surface area is 454 Å². The minimum atomic E-state index is -0.417. The summed E-state index contributed by atoms with van der Waals surface area (Å²) >= 11 is 0. The number of nitrogens with zero attached hydrogens (tertiary/aromatic N) is 2. The zero-order valence-corrected chi connectivity index (χ0v) is 43.3. The number of hydrogen-bond donors (Lipinski definition) is 0. The van der Waals surface area contributed by atoms with Crippen LogP contribution >= 0.6 is 9.79 Å². The molecule has 77 heavy (non-hydrogen) atoms. The van der Waals surface area contributed by atoms with Crippen molar-refractivity contribution >= 4 is 119 Å². The minimum Gasteiger partial charge on any atom is -0.310 e. The van der Waals surface area contributed by atoms with E-state index in [0.717, 1.165) is 22.7 Å². The van der Waals surface area contributed by atoms with Gasteiger partial charge in [-0.3, -0.25) is 0 Å². The third kappa shape index (κ3) is 8.46. The van der Waals surface area contributed by atoms with Crippen molar-refractivity contribution in [2.75, 3.05) is 9.80 Å². The van der Waals surface area contributed by atoms with Gasteiger partial charge in [-0.1, -0.05) is 231 Å². The first-order chi connectivity index (χ1) is 39.1. The fourth-order valence-electron chi connectivity index (χ4n) is 11.8. The van der Waals surface area contributed by atoms with E-state index in [0.29, 0.717) is 0 Å². The molecule has 0 radical (unpaired) electrons. The maximum atomic E-state index is 5.90. The summed E-state index contributed by atoms with van der Waals surface area (Å²) in [6, 6.07) is 109. The molecule has 15 aromatic rings. The number of hydrogen-bond acceptors (Lipinski definition) is 2. The van der Waals surface area contributed by atoms with Crippen molar-refractivity contribution in [3.8, 4) is 22.3 Å². The van der Waals surface area contributed by atoms with Crippen molar-refractivity contribution in [1.29, 1.82) is 2.56 Å². The van der Waals surface area contributed by atoms with E-state index < -0.39 is 9.79 Å². The maximum Gasteiger partial charge on any atom is 0.0540 e. The van der Waals surface area contributed by atoms with Crippen molar-refractivity contribution < 1.29 is 0 Å². The molecule has 0 heterocycles. The first-order valence-electron chi connectivity index (χ1n) is 27.2. The number of anilines is 6. The third-order valence-corrected chi connectivity index (χ3v) is 15.2. The summed E-state index contributed by atoms with van der Waals surface area (Å²) in [4.78, 5) is 4.74. The number of para-hydroxylation sites is 4. The molecule has 15 aromatic carbocycles. The molecule has 0 saturated carbocycles. The molecule has 0 aliphatic heterocycles. The Balaban J connectivity index is 0.000000146. The standard InChI is InChI=1S/C40H28N2.C34H22.H3P/c1-5-13-31(14-6-1)41(32-15-7-2-8-16-32)37-27-23-29-22-26-36-38(28-24-30-21-25-35(37)39(29)40(30)36)42(33-17-9-3-10-18-33)34-19-11-4-12-20-34;1-3-11-25-21-27(19-17-23(25)9-1)33-29-13-5-7-15-31(29)34(32-16-8-6-14-30(32)33)28-20-18-24-10-2-4-12-26(24)22-28;/h1-28H;1-22H;1H3/i;;1TD. The Bertz CT molecular complexity index is 4180. The summed E-state index contributed by atoms with van der Waals surface area (Å²) in [6.07, 6.45) is 0. The maximum absolute atomic E-state index is 5.90. The smallest absolute Gasteiger partial charge is 0.0540 e. The summed E-state index contributed by atoms with van der Waals surface area (Å²) < 4.78 is 11.8. The van der Waals surface area contributed by atoms with Crippen molar-refractivity contribution in [1.82, 2.24) is 0 Å². The van der Waals surface area contributed by atoms with Gasteiger partial charge in [0.05, 0.1) is 13.9 Å². The van der Waals surface area contributed by atoms with E-state index in [-0.39, 0.29) is 0 Å². The van der Waals surface area contributed by atoms with Crippen molar-refractivity contribution in [3.63, 3.8) is 0 Å². The van der Waals surface area contributed by atoms with Gasteiger partial charge < -0.3 is 9.80 Å². The molecule has 0 N–H and O–H groups in total. The van der Waals surface area contributed by atoms with Crippen LogP contribution in [0.5, 0.6) is 0 Å². The second-order valence-electron chi connectivity index (χ2n) is 19.6. The molecule has 3 heteroatoms. The second kappa shape index (κ2) is 20.3. The van der Waals surface area contributed by atoms with Gasteiger partial charge in [0, 0.05) is 33.5 Å². The molecule has 0 bridgehead atoms. The normalized spacial score (nSPS) is 11.7. The fraction of sp³-hybridized carbons (Fsp3) is 0. The quantitative estimate of drug-likeness (QED) is 0.0850. The molecule has 364 valence electrons. The molecule has 0 spiro atoms. The summed E-state index contributed by atoms with van der Waals surface area (Å²) in [7, 11) is -0.417. The molecule has 2 nitrogen and oxygen atoms in total. The van der Waals surface area contributed by atoms with Gasteiger partial charge in [0.15, 0.2) is 0 Å². The zero-order chi connectivity index (χ0) is 53.1. The van der Waals surface area contributed by atoms with Crippen LogP contribution in [0.4, 0.5) is 34.1 Å². The minimum absolute atomic E-state index is 0.417. The van der Waals surface area contributed by atoms with Crippen LogP contribution in [-0.2, 0) is 0 Å². The van der Waals surface area contributed by atoms with Gasteiger partial charge in [-0.15, -0.1) is 0 Å². The molecule has 0 amide bonds.